The molecule has 0 aliphatic carbocycles. The molecule has 2 N–H and O–H groups in total. The summed E-state index contributed by atoms with van der Waals surface area (Å²) in [5, 5.41) is 9.32. The second-order valence-corrected chi connectivity index (χ2v) is 6.42. The van der Waals surface area contributed by atoms with Gasteiger partial charge in [0.25, 0.3) is 0 Å². The van der Waals surface area contributed by atoms with E-state index in [-0.39, 0.29) is 4.90 Å². The van der Waals surface area contributed by atoms with Gasteiger partial charge < -0.3 is 9.84 Å². The van der Waals surface area contributed by atoms with Crippen molar-refractivity contribution in [3.05, 3.63) is 28.2 Å². The number of benzene rings is 1. The van der Waals surface area contributed by atoms with Crippen molar-refractivity contribution in [2.24, 2.45) is 0 Å². The molecule has 0 heterocycles. The molecule has 1 rings (SSSR count). The first kappa shape index (κ1) is 16.1. The van der Waals surface area contributed by atoms with Crippen LogP contribution < -0.4 is 4.72 Å². The van der Waals surface area contributed by atoms with Gasteiger partial charge in [0.05, 0.1) is 12.0 Å². The lowest BCUT2D eigenvalue weighted by atomic mass is 10.2. The van der Waals surface area contributed by atoms with E-state index in [0.717, 1.165) is 17.1 Å². The molecule has 19 heavy (non-hydrogen) atoms. The summed E-state index contributed by atoms with van der Waals surface area (Å²) in [6.07, 6.45) is -1.53. The summed E-state index contributed by atoms with van der Waals surface area (Å²) in [7, 11) is -2.67. The van der Waals surface area contributed by atoms with Gasteiger partial charge in [0, 0.05) is 11.0 Å². The second kappa shape index (κ2) is 6.47. The highest BCUT2D eigenvalue weighted by Crippen LogP contribution is 2.19. The smallest absolute Gasteiger partial charge is 0.336 e. The zero-order valence-electron chi connectivity index (χ0n) is 10.4. The summed E-state index contributed by atoms with van der Waals surface area (Å²) in [6, 6.07) is 4.52. The zero-order chi connectivity index (χ0) is 14.6. The molecule has 0 saturated heterocycles. The van der Waals surface area contributed by atoms with E-state index < -0.39 is 28.6 Å². The molecule has 0 bridgehead atoms. The molecule has 0 radical (unpaired) electrons. The van der Waals surface area contributed by atoms with Crippen LogP contribution >= 0.6 is 15.9 Å². The number of carbonyl (C=O) groups excluding carboxylic acids is 1. The van der Waals surface area contributed by atoms with Crippen LogP contribution in [0, 0.1) is 6.92 Å². The maximum absolute atomic E-state index is 11.9. The first-order valence-corrected chi connectivity index (χ1v) is 7.57. The van der Waals surface area contributed by atoms with Crippen LogP contribution in [0.15, 0.2) is 27.6 Å². The lowest BCUT2D eigenvalue weighted by Gasteiger charge is -2.11. The Labute approximate surface area is 120 Å². The van der Waals surface area contributed by atoms with Gasteiger partial charge in [0.15, 0.2) is 6.10 Å². The monoisotopic (exact) mass is 351 g/mol. The van der Waals surface area contributed by atoms with Crippen LogP contribution in [0.3, 0.4) is 0 Å². The number of hydrogen-bond acceptors (Lipinski definition) is 5. The van der Waals surface area contributed by atoms with Gasteiger partial charge >= 0.3 is 5.97 Å². The molecule has 0 aromatic heterocycles. The molecule has 0 saturated carbocycles. The SMILES string of the molecule is COC(=O)C(O)CNS(=O)(=O)c1ccc(Br)c(C)c1. The van der Waals surface area contributed by atoms with Crippen molar-refractivity contribution < 1.29 is 23.1 Å². The summed E-state index contributed by atoms with van der Waals surface area (Å²) in [5.74, 6) is -0.894. The van der Waals surface area contributed by atoms with Crippen molar-refractivity contribution in [2.45, 2.75) is 17.9 Å². The van der Waals surface area contributed by atoms with E-state index in [0.29, 0.717) is 0 Å². The van der Waals surface area contributed by atoms with Gasteiger partial charge in [-0.1, -0.05) is 15.9 Å². The number of aliphatic hydroxyl groups excluding tert-OH is 1. The molecule has 1 aromatic rings. The molecule has 6 nitrogen and oxygen atoms in total. The van der Waals surface area contributed by atoms with Crippen molar-refractivity contribution >= 4 is 31.9 Å². The van der Waals surface area contributed by atoms with Crippen LogP contribution in [0.1, 0.15) is 5.56 Å². The first-order valence-electron chi connectivity index (χ1n) is 5.29. The number of methoxy groups -OCH3 is 1. The van der Waals surface area contributed by atoms with Gasteiger partial charge in [-0.15, -0.1) is 0 Å². The Kier molecular flexibility index (Phi) is 5.48. The summed E-state index contributed by atoms with van der Waals surface area (Å²) < 4.78 is 31.1. The van der Waals surface area contributed by atoms with Crippen molar-refractivity contribution in [1.29, 1.82) is 0 Å². The van der Waals surface area contributed by atoms with Gasteiger partial charge in [0.2, 0.25) is 10.0 Å². The van der Waals surface area contributed by atoms with Crippen LogP contribution in [-0.4, -0.2) is 39.3 Å². The van der Waals surface area contributed by atoms with Crippen LogP contribution in [-0.2, 0) is 19.6 Å². The molecule has 0 amide bonds. The van der Waals surface area contributed by atoms with E-state index in [1.807, 2.05) is 0 Å². The Morgan fingerprint density at radius 2 is 2.16 bits per heavy atom. The minimum absolute atomic E-state index is 0.0604. The standard InChI is InChI=1S/C11H14BrNO5S/c1-7-5-8(3-4-9(7)12)19(16,17)13-6-10(14)11(15)18-2/h3-5,10,13-14H,6H2,1-2H3. The fourth-order valence-corrected chi connectivity index (χ4v) is 2.65. The second-order valence-electron chi connectivity index (χ2n) is 3.80. The number of rotatable bonds is 5. The molecule has 0 aliphatic heterocycles. The average molecular weight is 352 g/mol. The van der Waals surface area contributed by atoms with Crippen molar-refractivity contribution in [3.8, 4) is 0 Å². The van der Waals surface area contributed by atoms with E-state index in [1.165, 1.54) is 12.1 Å². The Hall–Kier alpha value is -0.960. The number of ether oxygens (including phenoxy) is 1. The molecule has 1 atom stereocenters. The number of esters is 1. The molecular weight excluding hydrogens is 338 g/mol. The van der Waals surface area contributed by atoms with E-state index in [9.17, 15) is 18.3 Å². The summed E-state index contributed by atoms with van der Waals surface area (Å²) in [6.45, 7) is 1.32. The van der Waals surface area contributed by atoms with Gasteiger partial charge in [-0.2, -0.15) is 0 Å². The van der Waals surface area contributed by atoms with E-state index in [4.69, 9.17) is 0 Å². The summed E-state index contributed by atoms with van der Waals surface area (Å²) in [5.41, 5.74) is 0.761. The number of aryl methyl sites for hydroxylation is 1. The normalized spacial score (nSPS) is 13.1. The molecule has 1 aromatic carbocycles. The number of carbonyl (C=O) groups is 1. The van der Waals surface area contributed by atoms with Crippen molar-refractivity contribution in [3.63, 3.8) is 0 Å². The summed E-state index contributed by atoms with van der Waals surface area (Å²) in [4.78, 5) is 11.0. The lowest BCUT2D eigenvalue weighted by molar-refractivity contribution is -0.149. The third-order valence-corrected chi connectivity index (χ3v) is 4.69. The highest BCUT2D eigenvalue weighted by molar-refractivity contribution is 9.10. The number of hydrogen-bond donors (Lipinski definition) is 2. The number of sulfonamides is 1. The molecule has 0 fully saturated rings. The molecule has 0 aliphatic rings. The largest absolute Gasteiger partial charge is 0.467 e. The van der Waals surface area contributed by atoms with Gasteiger partial charge in [-0.3, -0.25) is 0 Å². The fraction of sp³-hybridized carbons (Fsp3) is 0.364. The number of nitrogens with one attached hydrogen (secondary N) is 1. The van der Waals surface area contributed by atoms with Crippen molar-refractivity contribution in [1.82, 2.24) is 4.72 Å². The van der Waals surface area contributed by atoms with Crippen LogP contribution in [0.4, 0.5) is 0 Å². The Bertz CT molecular complexity index is 572. The predicted octanol–water partition coefficient (Wildman–Crippen LogP) is 0.570. The quantitative estimate of drug-likeness (QED) is 0.756. The van der Waals surface area contributed by atoms with E-state index in [2.05, 4.69) is 25.4 Å². The topological polar surface area (TPSA) is 92.7 Å². The molecular formula is C11H14BrNO5S. The minimum Gasteiger partial charge on any atom is -0.467 e. The first-order chi connectivity index (χ1) is 8.77. The Balaban J connectivity index is 2.81. The van der Waals surface area contributed by atoms with Gasteiger partial charge in [-0.25, -0.2) is 17.9 Å². The third-order valence-electron chi connectivity index (χ3n) is 2.38. The van der Waals surface area contributed by atoms with Crippen LogP contribution in [0.5, 0.6) is 0 Å². The molecule has 106 valence electrons. The summed E-state index contributed by atoms with van der Waals surface area (Å²) >= 11 is 3.27. The highest BCUT2D eigenvalue weighted by Gasteiger charge is 2.20. The molecule has 8 heteroatoms. The maximum atomic E-state index is 11.9. The fourth-order valence-electron chi connectivity index (χ4n) is 1.28. The number of aliphatic hydroxyl groups is 1. The van der Waals surface area contributed by atoms with Crippen LogP contribution in [0.2, 0.25) is 0 Å². The molecule has 1 unspecified atom stereocenters. The van der Waals surface area contributed by atoms with Crippen LogP contribution in [0.25, 0.3) is 0 Å². The number of halogens is 1. The van der Waals surface area contributed by atoms with Gasteiger partial charge in [-0.05, 0) is 30.7 Å². The predicted molar refractivity (Wildman–Crippen MR) is 72.1 cm³/mol. The highest BCUT2D eigenvalue weighted by atomic mass is 79.9. The van der Waals surface area contributed by atoms with E-state index >= 15 is 0 Å². The lowest BCUT2D eigenvalue weighted by Crippen LogP contribution is -2.37. The Morgan fingerprint density at radius 3 is 2.68 bits per heavy atom. The molecule has 0 spiro atoms. The Morgan fingerprint density at radius 1 is 1.53 bits per heavy atom. The maximum Gasteiger partial charge on any atom is 0.336 e. The minimum atomic E-state index is -3.77. The average Bonchev–Trinajstić information content (AvgIpc) is 2.38. The van der Waals surface area contributed by atoms with Crippen molar-refractivity contribution in [2.75, 3.05) is 13.7 Å². The third kappa shape index (κ3) is 4.27. The zero-order valence-corrected chi connectivity index (χ0v) is 12.8. The van der Waals surface area contributed by atoms with E-state index in [1.54, 1.807) is 13.0 Å². The van der Waals surface area contributed by atoms with Gasteiger partial charge in [0.1, 0.15) is 0 Å².